The molecular formula is C14H13IN2O2. The van der Waals surface area contributed by atoms with Gasteiger partial charge in [0, 0.05) is 5.92 Å². The molecule has 0 aliphatic heterocycles. The van der Waals surface area contributed by atoms with Crippen LogP contribution in [0.15, 0.2) is 29.1 Å². The van der Waals surface area contributed by atoms with Crippen LogP contribution in [0.1, 0.15) is 35.7 Å². The molecule has 98 valence electrons. The van der Waals surface area contributed by atoms with Crippen LogP contribution in [0.4, 0.5) is 0 Å². The lowest BCUT2D eigenvalue weighted by Crippen LogP contribution is -2.20. The minimum absolute atomic E-state index is 0.0700. The third kappa shape index (κ3) is 2.27. The van der Waals surface area contributed by atoms with Gasteiger partial charge in [0.05, 0.1) is 0 Å². The zero-order chi connectivity index (χ0) is 13.4. The normalized spacial score (nSPS) is 18.1. The average Bonchev–Trinajstić information content (AvgIpc) is 2.43. The summed E-state index contributed by atoms with van der Waals surface area (Å²) >= 11 is 1.80. The molecule has 1 aromatic heterocycles. The highest BCUT2D eigenvalue weighted by atomic mass is 127. The van der Waals surface area contributed by atoms with Gasteiger partial charge < -0.3 is 10.1 Å². The lowest BCUT2D eigenvalue weighted by molar-refractivity contribution is 0.438. The standard InChI is InChI=1S/C14H13IN2O2/c15-11-13(18)16-12(17-14(11)19)10-7-3-5-8-4-1-2-6-9(8)10/h1-2,4,6,10H,3,5,7H2,(H2,16,17,18,19). The molecule has 1 aliphatic rings. The maximum absolute atomic E-state index is 11.8. The number of hydrogen-bond donors (Lipinski definition) is 2. The van der Waals surface area contributed by atoms with Gasteiger partial charge in [-0.05, 0) is 53.0 Å². The summed E-state index contributed by atoms with van der Waals surface area (Å²) in [4.78, 5) is 18.7. The van der Waals surface area contributed by atoms with Crippen LogP contribution >= 0.6 is 22.6 Å². The van der Waals surface area contributed by atoms with E-state index in [9.17, 15) is 9.90 Å². The van der Waals surface area contributed by atoms with Crippen molar-refractivity contribution in [3.63, 3.8) is 0 Å². The molecule has 0 amide bonds. The van der Waals surface area contributed by atoms with Gasteiger partial charge in [0.1, 0.15) is 9.39 Å². The predicted octanol–water partition coefficient (Wildman–Crippen LogP) is 2.55. The van der Waals surface area contributed by atoms with Crippen LogP contribution in [-0.4, -0.2) is 15.1 Å². The summed E-state index contributed by atoms with van der Waals surface area (Å²) in [5.74, 6) is 0.457. The van der Waals surface area contributed by atoms with E-state index < -0.39 is 0 Å². The molecule has 0 bridgehead atoms. The second kappa shape index (κ2) is 4.96. The van der Waals surface area contributed by atoms with E-state index in [2.05, 4.69) is 22.1 Å². The molecule has 0 radical (unpaired) electrons. The Labute approximate surface area is 124 Å². The third-order valence-electron chi connectivity index (χ3n) is 3.56. The third-order valence-corrected chi connectivity index (χ3v) is 4.54. The van der Waals surface area contributed by atoms with E-state index in [0.717, 1.165) is 19.3 Å². The molecule has 5 heteroatoms. The number of aromatic hydroxyl groups is 1. The van der Waals surface area contributed by atoms with Crippen molar-refractivity contribution in [2.75, 3.05) is 0 Å². The van der Waals surface area contributed by atoms with Gasteiger partial charge in [-0.15, -0.1) is 0 Å². The molecule has 4 nitrogen and oxygen atoms in total. The molecule has 1 aliphatic carbocycles. The van der Waals surface area contributed by atoms with Gasteiger partial charge in [-0.1, -0.05) is 24.3 Å². The largest absolute Gasteiger partial charge is 0.492 e. The fourth-order valence-electron chi connectivity index (χ4n) is 2.67. The van der Waals surface area contributed by atoms with Gasteiger partial charge in [-0.25, -0.2) is 0 Å². The van der Waals surface area contributed by atoms with Crippen LogP contribution in [0.3, 0.4) is 0 Å². The van der Waals surface area contributed by atoms with Crippen molar-refractivity contribution in [2.45, 2.75) is 25.2 Å². The number of nitrogens with one attached hydrogen (secondary N) is 1. The summed E-state index contributed by atoms with van der Waals surface area (Å²) in [5.41, 5.74) is 2.24. The van der Waals surface area contributed by atoms with Crippen molar-refractivity contribution in [2.24, 2.45) is 0 Å². The van der Waals surface area contributed by atoms with Gasteiger partial charge in [-0.2, -0.15) is 4.98 Å². The Balaban J connectivity index is 2.12. The number of nitrogens with zero attached hydrogens (tertiary/aromatic N) is 1. The molecule has 0 saturated carbocycles. The molecule has 1 heterocycles. The second-order valence-corrected chi connectivity index (χ2v) is 5.81. The summed E-state index contributed by atoms with van der Waals surface area (Å²) in [5, 5.41) is 9.72. The molecule has 0 spiro atoms. The molecule has 1 unspecified atom stereocenters. The quantitative estimate of drug-likeness (QED) is 0.761. The lowest BCUT2D eigenvalue weighted by Gasteiger charge is -2.24. The van der Waals surface area contributed by atoms with Gasteiger partial charge in [-0.3, -0.25) is 4.79 Å². The van der Waals surface area contributed by atoms with Crippen molar-refractivity contribution in [3.05, 3.63) is 55.1 Å². The van der Waals surface area contributed by atoms with E-state index in [1.54, 1.807) is 22.6 Å². The number of H-pyrrole nitrogens is 1. The first-order valence-corrected chi connectivity index (χ1v) is 7.31. The van der Waals surface area contributed by atoms with Crippen LogP contribution in [0.5, 0.6) is 5.88 Å². The zero-order valence-corrected chi connectivity index (χ0v) is 12.3. The van der Waals surface area contributed by atoms with Gasteiger partial charge in [0.15, 0.2) is 0 Å². The predicted molar refractivity (Wildman–Crippen MR) is 80.5 cm³/mol. The molecule has 2 N–H and O–H groups in total. The number of aromatic nitrogens is 2. The highest BCUT2D eigenvalue weighted by Gasteiger charge is 2.24. The van der Waals surface area contributed by atoms with E-state index in [4.69, 9.17) is 0 Å². The molecule has 0 saturated heterocycles. The Morgan fingerprint density at radius 2 is 2.16 bits per heavy atom. The van der Waals surface area contributed by atoms with Crippen molar-refractivity contribution >= 4 is 22.6 Å². The summed E-state index contributed by atoms with van der Waals surface area (Å²) in [6.07, 6.45) is 3.07. The van der Waals surface area contributed by atoms with E-state index in [-0.39, 0.29) is 20.9 Å². The maximum Gasteiger partial charge on any atom is 0.268 e. The summed E-state index contributed by atoms with van der Waals surface area (Å²) in [6, 6.07) is 8.23. The maximum atomic E-state index is 11.8. The van der Waals surface area contributed by atoms with Crippen molar-refractivity contribution in [1.82, 2.24) is 9.97 Å². The highest BCUT2D eigenvalue weighted by molar-refractivity contribution is 14.1. The van der Waals surface area contributed by atoms with Crippen LogP contribution in [0.25, 0.3) is 0 Å². The number of hydrogen-bond acceptors (Lipinski definition) is 3. The number of aromatic amines is 1. The van der Waals surface area contributed by atoms with E-state index >= 15 is 0 Å². The monoisotopic (exact) mass is 368 g/mol. The first-order valence-electron chi connectivity index (χ1n) is 6.23. The average molecular weight is 368 g/mol. The summed E-state index contributed by atoms with van der Waals surface area (Å²) in [7, 11) is 0. The number of halogens is 1. The zero-order valence-electron chi connectivity index (χ0n) is 10.2. The molecule has 3 rings (SSSR count). The number of aryl methyl sites for hydroxylation is 1. The SMILES string of the molecule is O=c1[nH]c(C2CCCc3ccccc32)nc(O)c1I. The minimum Gasteiger partial charge on any atom is -0.492 e. The Kier molecular flexibility index (Phi) is 3.30. The van der Waals surface area contributed by atoms with Crippen molar-refractivity contribution in [1.29, 1.82) is 0 Å². The Bertz CT molecular complexity index is 681. The summed E-state index contributed by atoms with van der Waals surface area (Å²) < 4.78 is 0.241. The fourth-order valence-corrected chi connectivity index (χ4v) is 2.92. The topological polar surface area (TPSA) is 66.0 Å². The summed E-state index contributed by atoms with van der Waals surface area (Å²) in [6.45, 7) is 0. The first-order chi connectivity index (χ1) is 9.16. The van der Waals surface area contributed by atoms with E-state index in [0.29, 0.717) is 5.82 Å². The van der Waals surface area contributed by atoms with Crippen LogP contribution in [0, 0.1) is 3.57 Å². The Morgan fingerprint density at radius 1 is 1.37 bits per heavy atom. The van der Waals surface area contributed by atoms with Crippen molar-refractivity contribution < 1.29 is 5.11 Å². The fraction of sp³-hybridized carbons (Fsp3) is 0.286. The van der Waals surface area contributed by atoms with E-state index in [1.165, 1.54) is 11.1 Å². The smallest absolute Gasteiger partial charge is 0.268 e. The molecule has 1 atom stereocenters. The van der Waals surface area contributed by atoms with Crippen molar-refractivity contribution in [3.8, 4) is 5.88 Å². The minimum atomic E-state index is -0.272. The first kappa shape index (κ1) is 12.7. The van der Waals surface area contributed by atoms with Crippen LogP contribution in [0.2, 0.25) is 0 Å². The highest BCUT2D eigenvalue weighted by Crippen LogP contribution is 2.35. The lowest BCUT2D eigenvalue weighted by atomic mass is 9.82. The molecule has 0 fully saturated rings. The Morgan fingerprint density at radius 3 is 2.95 bits per heavy atom. The molecule has 1 aromatic carbocycles. The number of benzene rings is 1. The van der Waals surface area contributed by atoms with Gasteiger partial charge in [0.25, 0.3) is 5.56 Å². The number of rotatable bonds is 1. The molecular weight excluding hydrogens is 355 g/mol. The molecule has 19 heavy (non-hydrogen) atoms. The van der Waals surface area contributed by atoms with Crippen LogP contribution in [-0.2, 0) is 6.42 Å². The Hall–Kier alpha value is -1.37. The molecule has 2 aromatic rings. The van der Waals surface area contributed by atoms with Crippen LogP contribution < -0.4 is 5.56 Å². The number of fused-ring (bicyclic) bond motifs is 1. The van der Waals surface area contributed by atoms with Gasteiger partial charge >= 0.3 is 0 Å². The second-order valence-electron chi connectivity index (χ2n) is 4.73. The van der Waals surface area contributed by atoms with Gasteiger partial charge in [0.2, 0.25) is 5.88 Å². The van der Waals surface area contributed by atoms with E-state index in [1.807, 2.05) is 12.1 Å².